The first-order valence-corrected chi connectivity index (χ1v) is 8.30. The number of benzene rings is 1. The van der Waals surface area contributed by atoms with Gasteiger partial charge in [-0.15, -0.1) is 24.2 Å². The molecular weight excluding hydrogens is 322 g/mol. The normalized spacial score (nSPS) is 17.3. The molecule has 1 aliphatic rings. The molecular formula is C15H22ClN3O2S. The van der Waals surface area contributed by atoms with Crippen LogP contribution in [0.4, 0.5) is 5.69 Å². The maximum absolute atomic E-state index is 12.3. The van der Waals surface area contributed by atoms with Crippen molar-refractivity contribution in [2.45, 2.75) is 30.7 Å². The van der Waals surface area contributed by atoms with Gasteiger partial charge in [0.2, 0.25) is 5.91 Å². The van der Waals surface area contributed by atoms with Crippen LogP contribution in [0.15, 0.2) is 23.1 Å². The molecule has 0 bridgehead atoms. The maximum atomic E-state index is 12.3. The summed E-state index contributed by atoms with van der Waals surface area (Å²) in [4.78, 5) is 24.3. The van der Waals surface area contributed by atoms with Crippen LogP contribution in [0.5, 0.6) is 0 Å². The number of thioether (sulfide) groups is 1. The lowest BCUT2D eigenvalue weighted by atomic mass is 10.1. The summed E-state index contributed by atoms with van der Waals surface area (Å²) >= 11 is 1.51. The molecule has 1 aliphatic heterocycles. The number of piperidine rings is 1. The zero-order valence-electron chi connectivity index (χ0n) is 12.8. The molecule has 1 fully saturated rings. The molecule has 1 aromatic rings. The van der Waals surface area contributed by atoms with Crippen LogP contribution < -0.4 is 16.0 Å². The molecule has 1 atom stereocenters. The molecule has 5 nitrogen and oxygen atoms in total. The summed E-state index contributed by atoms with van der Waals surface area (Å²) in [6.45, 7) is 3.32. The summed E-state index contributed by atoms with van der Waals surface area (Å²) < 4.78 is 0. The number of carbonyl (C=O) groups excluding carboxylic acids is 2. The minimum Gasteiger partial charge on any atom is -0.348 e. The second kappa shape index (κ2) is 9.02. The zero-order chi connectivity index (χ0) is 15.2. The Balaban J connectivity index is 0.00000242. The second-order valence-corrected chi connectivity index (χ2v) is 5.96. The van der Waals surface area contributed by atoms with E-state index in [4.69, 9.17) is 0 Å². The van der Waals surface area contributed by atoms with Gasteiger partial charge in [-0.05, 0) is 43.8 Å². The van der Waals surface area contributed by atoms with Gasteiger partial charge in [0, 0.05) is 30.0 Å². The van der Waals surface area contributed by atoms with Gasteiger partial charge in [-0.1, -0.05) is 0 Å². The Labute approximate surface area is 141 Å². The van der Waals surface area contributed by atoms with Gasteiger partial charge in [0.05, 0.1) is 5.69 Å². The van der Waals surface area contributed by atoms with E-state index in [9.17, 15) is 9.59 Å². The first-order valence-electron chi connectivity index (χ1n) is 7.07. The lowest BCUT2D eigenvalue weighted by molar-refractivity contribution is -0.114. The van der Waals surface area contributed by atoms with Gasteiger partial charge in [-0.2, -0.15) is 0 Å². The van der Waals surface area contributed by atoms with Gasteiger partial charge in [-0.25, -0.2) is 0 Å². The number of rotatable bonds is 4. The van der Waals surface area contributed by atoms with Gasteiger partial charge in [0.25, 0.3) is 5.91 Å². The number of nitrogens with one attached hydrogen (secondary N) is 3. The average Bonchev–Trinajstić information content (AvgIpc) is 2.48. The van der Waals surface area contributed by atoms with Crippen LogP contribution in [0.2, 0.25) is 0 Å². The Hall–Kier alpha value is -1.24. The van der Waals surface area contributed by atoms with Crippen molar-refractivity contribution in [1.29, 1.82) is 0 Å². The fraction of sp³-hybridized carbons (Fsp3) is 0.467. The Morgan fingerprint density at radius 3 is 2.73 bits per heavy atom. The largest absolute Gasteiger partial charge is 0.348 e. The van der Waals surface area contributed by atoms with E-state index in [1.165, 1.54) is 18.7 Å². The van der Waals surface area contributed by atoms with Crippen molar-refractivity contribution in [3.63, 3.8) is 0 Å². The van der Waals surface area contributed by atoms with E-state index >= 15 is 0 Å². The molecule has 2 rings (SSSR count). The molecule has 0 radical (unpaired) electrons. The molecule has 1 saturated heterocycles. The molecule has 1 heterocycles. The van der Waals surface area contributed by atoms with Crippen molar-refractivity contribution in [1.82, 2.24) is 10.6 Å². The van der Waals surface area contributed by atoms with Crippen LogP contribution in [0.25, 0.3) is 0 Å². The number of carbonyl (C=O) groups is 2. The summed E-state index contributed by atoms with van der Waals surface area (Å²) in [5, 5.41) is 9.10. The van der Waals surface area contributed by atoms with Gasteiger partial charge < -0.3 is 16.0 Å². The van der Waals surface area contributed by atoms with E-state index in [0.717, 1.165) is 36.5 Å². The fourth-order valence-electron chi connectivity index (χ4n) is 2.37. The predicted octanol–water partition coefficient (Wildman–Crippen LogP) is 2.27. The van der Waals surface area contributed by atoms with Crippen LogP contribution in [-0.4, -0.2) is 37.2 Å². The minimum absolute atomic E-state index is 0. The van der Waals surface area contributed by atoms with E-state index in [0.29, 0.717) is 5.56 Å². The first kappa shape index (κ1) is 18.8. The van der Waals surface area contributed by atoms with Crippen LogP contribution in [0.3, 0.4) is 0 Å². The van der Waals surface area contributed by atoms with Crippen molar-refractivity contribution in [3.05, 3.63) is 23.8 Å². The van der Waals surface area contributed by atoms with Gasteiger partial charge >= 0.3 is 0 Å². The molecule has 0 unspecified atom stereocenters. The maximum Gasteiger partial charge on any atom is 0.251 e. The Kier molecular flexibility index (Phi) is 7.72. The molecule has 122 valence electrons. The Morgan fingerprint density at radius 1 is 1.36 bits per heavy atom. The SMILES string of the molecule is CSc1cc(C(=O)N[C@H]2CCCNC2)ccc1NC(C)=O.Cl. The molecule has 0 aliphatic carbocycles. The topological polar surface area (TPSA) is 70.2 Å². The molecule has 7 heteroatoms. The quantitative estimate of drug-likeness (QED) is 0.733. The van der Waals surface area contributed by atoms with Gasteiger partial charge in [-0.3, -0.25) is 9.59 Å². The standard InChI is InChI=1S/C15H21N3O2S.ClH/c1-10(19)17-13-6-5-11(8-14(13)21-2)15(20)18-12-4-3-7-16-9-12;/h5-6,8,12,16H,3-4,7,9H2,1-2H3,(H,17,19)(H,18,20);1H/t12-;/m0./s1. The highest BCUT2D eigenvalue weighted by Gasteiger charge is 2.17. The number of hydrogen-bond acceptors (Lipinski definition) is 4. The molecule has 22 heavy (non-hydrogen) atoms. The van der Waals surface area contributed by atoms with Gasteiger partial charge in [0.15, 0.2) is 0 Å². The summed E-state index contributed by atoms with van der Waals surface area (Å²) in [6.07, 6.45) is 4.02. The number of amides is 2. The monoisotopic (exact) mass is 343 g/mol. The van der Waals surface area contributed by atoms with Crippen LogP contribution >= 0.6 is 24.2 Å². The van der Waals surface area contributed by atoms with Crippen molar-refractivity contribution < 1.29 is 9.59 Å². The average molecular weight is 344 g/mol. The minimum atomic E-state index is -0.115. The van der Waals surface area contributed by atoms with E-state index in [1.807, 2.05) is 12.3 Å². The van der Waals surface area contributed by atoms with E-state index < -0.39 is 0 Å². The highest BCUT2D eigenvalue weighted by atomic mass is 35.5. The van der Waals surface area contributed by atoms with Crippen molar-refractivity contribution in [3.8, 4) is 0 Å². The Morgan fingerprint density at radius 2 is 2.14 bits per heavy atom. The summed E-state index contributed by atoms with van der Waals surface area (Å²) in [5.41, 5.74) is 1.37. The van der Waals surface area contributed by atoms with Crippen molar-refractivity contribution in [2.75, 3.05) is 24.7 Å². The van der Waals surface area contributed by atoms with Crippen molar-refractivity contribution in [2.24, 2.45) is 0 Å². The van der Waals surface area contributed by atoms with Crippen LogP contribution in [0, 0.1) is 0 Å². The van der Waals surface area contributed by atoms with Crippen LogP contribution in [-0.2, 0) is 4.79 Å². The highest BCUT2D eigenvalue weighted by Crippen LogP contribution is 2.26. The predicted molar refractivity (Wildman–Crippen MR) is 93.1 cm³/mol. The third-order valence-electron chi connectivity index (χ3n) is 3.41. The third kappa shape index (κ3) is 5.19. The van der Waals surface area contributed by atoms with Crippen molar-refractivity contribution >= 4 is 41.7 Å². The molecule has 3 N–H and O–H groups in total. The molecule has 0 saturated carbocycles. The summed E-state index contributed by atoms with van der Waals surface area (Å²) in [7, 11) is 0. The highest BCUT2D eigenvalue weighted by molar-refractivity contribution is 7.98. The third-order valence-corrected chi connectivity index (χ3v) is 4.18. The van der Waals surface area contributed by atoms with Gasteiger partial charge in [0.1, 0.15) is 0 Å². The molecule has 2 amide bonds. The van der Waals surface area contributed by atoms with E-state index in [1.54, 1.807) is 12.1 Å². The molecule has 1 aromatic carbocycles. The molecule has 0 aromatic heterocycles. The second-order valence-electron chi connectivity index (χ2n) is 5.11. The van der Waals surface area contributed by atoms with E-state index in [-0.39, 0.29) is 30.3 Å². The first-order chi connectivity index (χ1) is 10.1. The summed E-state index contributed by atoms with van der Waals surface area (Å²) in [6, 6.07) is 5.54. The molecule has 0 spiro atoms. The lowest BCUT2D eigenvalue weighted by Gasteiger charge is -2.24. The number of halogens is 1. The van der Waals surface area contributed by atoms with E-state index in [2.05, 4.69) is 16.0 Å². The lowest BCUT2D eigenvalue weighted by Crippen LogP contribution is -2.45. The summed E-state index contributed by atoms with van der Waals surface area (Å²) in [5.74, 6) is -0.177. The Bertz CT molecular complexity index is 534. The number of anilines is 1. The van der Waals surface area contributed by atoms with Crippen LogP contribution in [0.1, 0.15) is 30.1 Å². The fourth-order valence-corrected chi connectivity index (χ4v) is 2.95. The number of hydrogen-bond donors (Lipinski definition) is 3. The smallest absolute Gasteiger partial charge is 0.251 e. The zero-order valence-corrected chi connectivity index (χ0v) is 14.4.